The fourth-order valence-corrected chi connectivity index (χ4v) is 5.52. The Labute approximate surface area is 234 Å². The third-order valence-electron chi connectivity index (χ3n) is 7.97. The number of alkyl halides is 3. The predicted molar refractivity (Wildman–Crippen MR) is 148 cm³/mol. The summed E-state index contributed by atoms with van der Waals surface area (Å²) in [7, 11) is 2.07. The van der Waals surface area contributed by atoms with Crippen molar-refractivity contribution >= 4 is 17.3 Å². The molecule has 1 aliphatic carbocycles. The standard InChI is InChI=1S/C29H39F3N6O2/c1-35-10-11-37(19-22-7-8-22)20-23-4-2-6-25(28(23)35)34-18-27(39)38(13-12-36-14-16-40-17-15-36)21-26-24(29(30,31)32)5-3-9-33-26/h2-6,9,22,34H,7-8,10-21H2,1H3. The topological polar surface area (TPSA) is 64.2 Å². The number of fused-ring (bicyclic) bond motifs is 1. The summed E-state index contributed by atoms with van der Waals surface area (Å²) >= 11 is 0. The van der Waals surface area contributed by atoms with Crippen LogP contribution in [0.5, 0.6) is 0 Å². The van der Waals surface area contributed by atoms with E-state index in [1.807, 2.05) is 12.1 Å². The molecule has 0 spiro atoms. The maximum Gasteiger partial charge on any atom is 0.418 e. The molecular formula is C29H39F3N6O2. The Kier molecular flexibility index (Phi) is 9.12. The summed E-state index contributed by atoms with van der Waals surface area (Å²) in [4.78, 5) is 25.9. The Morgan fingerprint density at radius 1 is 1.10 bits per heavy atom. The van der Waals surface area contributed by atoms with E-state index in [1.165, 1.54) is 35.6 Å². The number of nitrogens with one attached hydrogen (secondary N) is 1. The highest BCUT2D eigenvalue weighted by Gasteiger charge is 2.35. The van der Waals surface area contributed by atoms with Crippen molar-refractivity contribution in [2.24, 2.45) is 5.92 Å². The van der Waals surface area contributed by atoms with E-state index in [0.717, 1.165) is 62.6 Å². The number of carbonyl (C=O) groups excluding carboxylic acids is 1. The van der Waals surface area contributed by atoms with Gasteiger partial charge in [-0.25, -0.2) is 0 Å². The van der Waals surface area contributed by atoms with Gasteiger partial charge in [0, 0.05) is 65.6 Å². The molecule has 1 aromatic carbocycles. The van der Waals surface area contributed by atoms with Crippen LogP contribution in [0.4, 0.5) is 24.5 Å². The van der Waals surface area contributed by atoms with Crippen LogP contribution >= 0.6 is 0 Å². The van der Waals surface area contributed by atoms with Crippen LogP contribution in [0.2, 0.25) is 0 Å². The van der Waals surface area contributed by atoms with E-state index in [2.05, 4.69) is 38.1 Å². The number of hydrogen-bond donors (Lipinski definition) is 1. The van der Waals surface area contributed by atoms with Crippen molar-refractivity contribution in [2.45, 2.75) is 32.1 Å². The second-order valence-corrected chi connectivity index (χ2v) is 11.0. The van der Waals surface area contributed by atoms with Gasteiger partial charge in [-0.2, -0.15) is 13.2 Å². The average Bonchev–Trinajstić information content (AvgIpc) is 3.78. The maximum atomic E-state index is 13.7. The molecule has 2 fully saturated rings. The molecule has 1 saturated carbocycles. The lowest BCUT2D eigenvalue weighted by molar-refractivity contribution is -0.140. The monoisotopic (exact) mass is 560 g/mol. The normalized spacial score (nSPS) is 18.8. The van der Waals surface area contributed by atoms with E-state index in [0.29, 0.717) is 26.3 Å². The minimum atomic E-state index is -4.54. The molecular weight excluding hydrogens is 521 g/mol. The molecule has 1 amide bonds. The van der Waals surface area contributed by atoms with Crippen LogP contribution in [0.1, 0.15) is 29.7 Å². The Hall–Kier alpha value is -2.89. The van der Waals surface area contributed by atoms with Crippen molar-refractivity contribution in [3.05, 3.63) is 53.3 Å². The van der Waals surface area contributed by atoms with Crippen molar-refractivity contribution in [1.82, 2.24) is 19.7 Å². The maximum absolute atomic E-state index is 13.7. The predicted octanol–water partition coefficient (Wildman–Crippen LogP) is 3.54. The number of anilines is 2. The van der Waals surface area contributed by atoms with Gasteiger partial charge in [-0.15, -0.1) is 0 Å². The Balaban J connectivity index is 1.30. The molecule has 1 aromatic heterocycles. The van der Waals surface area contributed by atoms with Crippen LogP contribution in [0.15, 0.2) is 36.5 Å². The van der Waals surface area contributed by atoms with Crippen molar-refractivity contribution in [1.29, 1.82) is 0 Å². The Morgan fingerprint density at radius 2 is 1.90 bits per heavy atom. The van der Waals surface area contributed by atoms with Crippen LogP contribution in [0.3, 0.4) is 0 Å². The van der Waals surface area contributed by atoms with E-state index in [1.54, 1.807) is 0 Å². The molecule has 5 rings (SSSR count). The zero-order chi connectivity index (χ0) is 28.1. The van der Waals surface area contributed by atoms with Gasteiger partial charge in [0.2, 0.25) is 5.91 Å². The van der Waals surface area contributed by atoms with Crippen LogP contribution in [0, 0.1) is 5.92 Å². The third kappa shape index (κ3) is 7.44. The van der Waals surface area contributed by atoms with Crippen LogP contribution in [-0.4, -0.2) is 98.2 Å². The van der Waals surface area contributed by atoms with E-state index in [9.17, 15) is 18.0 Å². The molecule has 8 nitrogen and oxygen atoms in total. The second kappa shape index (κ2) is 12.7. The van der Waals surface area contributed by atoms with Gasteiger partial charge in [0.15, 0.2) is 0 Å². The lowest BCUT2D eigenvalue weighted by Crippen LogP contribution is -2.44. The SMILES string of the molecule is CN1CCN(CC2CC2)Cc2cccc(NCC(=O)N(CCN3CCOCC3)Cc3ncccc3C(F)(F)F)c21. The molecule has 2 aromatic rings. The van der Waals surface area contributed by atoms with Gasteiger partial charge in [0.05, 0.1) is 48.9 Å². The molecule has 40 heavy (non-hydrogen) atoms. The number of rotatable bonds is 10. The quantitative estimate of drug-likeness (QED) is 0.477. The summed E-state index contributed by atoms with van der Waals surface area (Å²) in [5, 5.41) is 3.32. The first-order valence-electron chi connectivity index (χ1n) is 14.2. The number of aromatic nitrogens is 1. The number of pyridine rings is 1. The van der Waals surface area contributed by atoms with E-state index in [-0.39, 0.29) is 24.7 Å². The summed E-state index contributed by atoms with van der Waals surface area (Å²) in [6, 6.07) is 8.40. The van der Waals surface area contributed by atoms with Gasteiger partial charge in [0.25, 0.3) is 0 Å². The van der Waals surface area contributed by atoms with Gasteiger partial charge < -0.3 is 19.9 Å². The van der Waals surface area contributed by atoms with Crippen LogP contribution in [0.25, 0.3) is 0 Å². The molecule has 3 heterocycles. The Morgan fingerprint density at radius 3 is 2.65 bits per heavy atom. The number of hydrogen-bond acceptors (Lipinski definition) is 7. The van der Waals surface area contributed by atoms with Gasteiger partial charge >= 0.3 is 6.18 Å². The summed E-state index contributed by atoms with van der Waals surface area (Å²) in [5.41, 5.74) is 2.21. The van der Waals surface area contributed by atoms with E-state index < -0.39 is 11.7 Å². The number of carbonyl (C=O) groups is 1. The largest absolute Gasteiger partial charge is 0.418 e. The van der Waals surface area contributed by atoms with Gasteiger partial charge in [0.1, 0.15) is 0 Å². The molecule has 0 atom stereocenters. The first-order valence-corrected chi connectivity index (χ1v) is 14.2. The minimum absolute atomic E-state index is 0.0205. The number of amides is 1. The molecule has 3 aliphatic rings. The van der Waals surface area contributed by atoms with Crippen molar-refractivity contribution in [2.75, 3.05) is 82.8 Å². The third-order valence-corrected chi connectivity index (χ3v) is 7.97. The number of likely N-dealkylation sites (N-methyl/N-ethyl adjacent to an activating group) is 1. The first kappa shape index (κ1) is 28.6. The number of halogens is 3. The van der Waals surface area contributed by atoms with Gasteiger partial charge in [-0.3, -0.25) is 19.6 Å². The fraction of sp³-hybridized carbons (Fsp3) is 0.586. The summed E-state index contributed by atoms with van der Waals surface area (Å²) in [5.74, 6) is 0.544. The number of para-hydroxylation sites is 1. The zero-order valence-electron chi connectivity index (χ0n) is 23.1. The molecule has 2 aliphatic heterocycles. The van der Waals surface area contributed by atoms with Crippen molar-refractivity contribution < 1.29 is 22.7 Å². The number of nitrogens with zero attached hydrogens (tertiary/aromatic N) is 5. The number of ether oxygens (including phenoxy) is 1. The number of benzene rings is 1. The second-order valence-electron chi connectivity index (χ2n) is 11.0. The van der Waals surface area contributed by atoms with Crippen LogP contribution < -0.4 is 10.2 Å². The molecule has 11 heteroatoms. The van der Waals surface area contributed by atoms with E-state index in [4.69, 9.17) is 4.74 Å². The molecule has 0 radical (unpaired) electrons. The Bertz CT molecular complexity index is 1150. The lowest BCUT2D eigenvalue weighted by atomic mass is 10.1. The lowest BCUT2D eigenvalue weighted by Gasteiger charge is -2.30. The van der Waals surface area contributed by atoms with Gasteiger partial charge in [-0.05, 0) is 42.5 Å². The highest BCUT2D eigenvalue weighted by molar-refractivity contribution is 5.83. The van der Waals surface area contributed by atoms with Crippen molar-refractivity contribution in [3.8, 4) is 0 Å². The molecule has 0 unspecified atom stereocenters. The van der Waals surface area contributed by atoms with Crippen LogP contribution in [-0.2, 0) is 28.8 Å². The molecule has 218 valence electrons. The molecule has 1 saturated heterocycles. The van der Waals surface area contributed by atoms with Gasteiger partial charge in [-0.1, -0.05) is 12.1 Å². The summed E-state index contributed by atoms with van der Waals surface area (Å²) in [6.07, 6.45) is -0.572. The van der Waals surface area contributed by atoms with E-state index >= 15 is 0 Å². The molecule has 1 N–H and O–H groups in total. The first-order chi connectivity index (χ1) is 19.3. The highest BCUT2D eigenvalue weighted by Crippen LogP contribution is 2.35. The fourth-order valence-electron chi connectivity index (χ4n) is 5.52. The number of morpholine rings is 1. The average molecular weight is 561 g/mol. The highest BCUT2D eigenvalue weighted by atomic mass is 19.4. The summed E-state index contributed by atoms with van der Waals surface area (Å²) < 4.78 is 46.5. The molecule has 0 bridgehead atoms. The minimum Gasteiger partial charge on any atom is -0.379 e. The zero-order valence-corrected chi connectivity index (χ0v) is 23.1. The van der Waals surface area contributed by atoms with Crippen molar-refractivity contribution in [3.63, 3.8) is 0 Å². The summed E-state index contributed by atoms with van der Waals surface area (Å²) in [6.45, 7) is 7.18. The smallest absolute Gasteiger partial charge is 0.379 e.